The average Bonchev–Trinajstić information content (AvgIpc) is 2.90. The molecule has 24 heavy (non-hydrogen) atoms. The van der Waals surface area contributed by atoms with Gasteiger partial charge in [0.2, 0.25) is 5.91 Å². The van der Waals surface area contributed by atoms with Crippen molar-refractivity contribution >= 4 is 23.4 Å². The minimum Gasteiger partial charge on any atom is -0.492 e. The molecule has 0 spiro atoms. The summed E-state index contributed by atoms with van der Waals surface area (Å²) in [7, 11) is 0. The highest BCUT2D eigenvalue weighted by Gasteiger charge is 2.20. The fourth-order valence-corrected chi connectivity index (χ4v) is 2.99. The minimum atomic E-state index is -0.412. The SMILES string of the molecule is CCCn1c(S[C@H](C)C(=O)Nc2ccccc2OCC)n[nH]c1=O. The van der Waals surface area contributed by atoms with Gasteiger partial charge < -0.3 is 10.1 Å². The van der Waals surface area contributed by atoms with Crippen molar-refractivity contribution in [3.8, 4) is 5.75 Å². The number of H-pyrrole nitrogens is 1. The van der Waals surface area contributed by atoms with Crippen LogP contribution in [0.3, 0.4) is 0 Å². The van der Waals surface area contributed by atoms with Crippen LogP contribution in [0.25, 0.3) is 0 Å². The van der Waals surface area contributed by atoms with Crippen LogP contribution in [0.2, 0.25) is 0 Å². The quantitative estimate of drug-likeness (QED) is 0.714. The summed E-state index contributed by atoms with van der Waals surface area (Å²) < 4.78 is 7.05. The van der Waals surface area contributed by atoms with E-state index in [1.807, 2.05) is 32.0 Å². The van der Waals surface area contributed by atoms with Crippen molar-refractivity contribution in [3.63, 3.8) is 0 Å². The molecule has 2 N–H and O–H groups in total. The van der Waals surface area contributed by atoms with Gasteiger partial charge in [0.1, 0.15) is 5.75 Å². The molecule has 1 amide bonds. The van der Waals surface area contributed by atoms with E-state index in [-0.39, 0.29) is 11.6 Å². The molecule has 130 valence electrons. The van der Waals surface area contributed by atoms with Gasteiger partial charge in [-0.1, -0.05) is 30.8 Å². The number of nitrogens with one attached hydrogen (secondary N) is 2. The molecular formula is C16H22N4O3S. The van der Waals surface area contributed by atoms with Crippen molar-refractivity contribution in [3.05, 3.63) is 34.7 Å². The first-order valence-electron chi connectivity index (χ1n) is 7.91. The lowest BCUT2D eigenvalue weighted by Gasteiger charge is -2.14. The van der Waals surface area contributed by atoms with Gasteiger partial charge in [-0.25, -0.2) is 9.89 Å². The van der Waals surface area contributed by atoms with E-state index in [1.165, 1.54) is 11.8 Å². The van der Waals surface area contributed by atoms with E-state index in [0.29, 0.717) is 29.7 Å². The van der Waals surface area contributed by atoms with Crippen LogP contribution in [-0.2, 0) is 11.3 Å². The Kier molecular flexibility index (Phi) is 6.48. The number of hydrogen-bond donors (Lipinski definition) is 2. The second kappa shape index (κ2) is 8.58. The molecule has 0 saturated heterocycles. The van der Waals surface area contributed by atoms with Gasteiger partial charge in [-0.05, 0) is 32.4 Å². The van der Waals surface area contributed by atoms with Gasteiger partial charge in [0.05, 0.1) is 17.5 Å². The topological polar surface area (TPSA) is 89.0 Å². The van der Waals surface area contributed by atoms with Crippen molar-refractivity contribution < 1.29 is 9.53 Å². The molecule has 7 nitrogen and oxygen atoms in total. The van der Waals surface area contributed by atoms with Crippen LogP contribution in [0.15, 0.2) is 34.2 Å². The van der Waals surface area contributed by atoms with E-state index < -0.39 is 5.25 Å². The monoisotopic (exact) mass is 350 g/mol. The fraction of sp³-hybridized carbons (Fsp3) is 0.438. The third-order valence-corrected chi connectivity index (χ3v) is 4.36. The van der Waals surface area contributed by atoms with E-state index >= 15 is 0 Å². The van der Waals surface area contributed by atoms with E-state index in [9.17, 15) is 9.59 Å². The molecule has 1 heterocycles. The standard InChI is InChI=1S/C16H22N4O3S/c1-4-10-20-15(22)18-19-16(20)24-11(3)14(21)17-12-8-6-7-9-13(12)23-5-2/h6-9,11H,4-5,10H2,1-3H3,(H,17,21)(H,18,22)/t11-/m1/s1. The predicted molar refractivity (Wildman–Crippen MR) is 94.7 cm³/mol. The Labute approximate surface area is 144 Å². The number of ether oxygens (including phenoxy) is 1. The molecule has 2 rings (SSSR count). The molecule has 0 saturated carbocycles. The first-order chi connectivity index (χ1) is 11.6. The molecule has 0 radical (unpaired) electrons. The van der Waals surface area contributed by atoms with Gasteiger partial charge in [-0.15, -0.1) is 5.10 Å². The summed E-state index contributed by atoms with van der Waals surface area (Å²) in [6.07, 6.45) is 0.815. The van der Waals surface area contributed by atoms with Gasteiger partial charge in [-0.2, -0.15) is 0 Å². The first-order valence-corrected chi connectivity index (χ1v) is 8.79. The second-order valence-corrected chi connectivity index (χ2v) is 6.45. The summed E-state index contributed by atoms with van der Waals surface area (Å²) in [6.45, 7) is 6.74. The van der Waals surface area contributed by atoms with Gasteiger partial charge in [0.25, 0.3) is 0 Å². The van der Waals surface area contributed by atoms with E-state index in [1.54, 1.807) is 17.6 Å². The largest absolute Gasteiger partial charge is 0.492 e. The number of benzene rings is 1. The van der Waals surface area contributed by atoms with Crippen LogP contribution >= 0.6 is 11.8 Å². The zero-order valence-electron chi connectivity index (χ0n) is 14.0. The molecule has 1 aromatic heterocycles. The predicted octanol–water partition coefficient (Wildman–Crippen LogP) is 2.50. The Morgan fingerprint density at radius 1 is 1.42 bits per heavy atom. The highest BCUT2D eigenvalue weighted by Crippen LogP contribution is 2.26. The lowest BCUT2D eigenvalue weighted by atomic mass is 10.3. The summed E-state index contributed by atoms with van der Waals surface area (Å²) in [5, 5.41) is 9.39. The molecule has 0 aliphatic rings. The van der Waals surface area contributed by atoms with Gasteiger partial charge >= 0.3 is 5.69 Å². The number of para-hydroxylation sites is 2. The van der Waals surface area contributed by atoms with Gasteiger partial charge in [0.15, 0.2) is 5.16 Å². The van der Waals surface area contributed by atoms with Crippen LogP contribution in [-0.4, -0.2) is 32.5 Å². The lowest BCUT2D eigenvalue weighted by Crippen LogP contribution is -2.24. The molecule has 1 atom stereocenters. The van der Waals surface area contributed by atoms with Crippen LogP contribution in [0, 0.1) is 0 Å². The number of aromatic amines is 1. The van der Waals surface area contributed by atoms with Crippen LogP contribution < -0.4 is 15.7 Å². The van der Waals surface area contributed by atoms with E-state index in [0.717, 1.165) is 6.42 Å². The van der Waals surface area contributed by atoms with Crippen LogP contribution in [0.4, 0.5) is 5.69 Å². The van der Waals surface area contributed by atoms with Crippen molar-refractivity contribution in [2.24, 2.45) is 0 Å². The van der Waals surface area contributed by atoms with E-state index in [2.05, 4.69) is 15.5 Å². The number of anilines is 1. The van der Waals surface area contributed by atoms with E-state index in [4.69, 9.17) is 4.74 Å². The molecule has 0 bridgehead atoms. The molecular weight excluding hydrogens is 328 g/mol. The number of thioether (sulfide) groups is 1. The number of hydrogen-bond acceptors (Lipinski definition) is 5. The normalized spacial score (nSPS) is 12.0. The van der Waals surface area contributed by atoms with Crippen LogP contribution in [0.5, 0.6) is 5.75 Å². The Morgan fingerprint density at radius 3 is 2.88 bits per heavy atom. The summed E-state index contributed by atoms with van der Waals surface area (Å²) in [6, 6.07) is 7.29. The zero-order chi connectivity index (χ0) is 17.5. The number of aromatic nitrogens is 3. The minimum absolute atomic E-state index is 0.175. The molecule has 0 unspecified atom stereocenters. The van der Waals surface area contributed by atoms with Crippen LogP contribution in [0.1, 0.15) is 27.2 Å². The summed E-state index contributed by atoms with van der Waals surface area (Å²) in [5.74, 6) is 0.457. The van der Waals surface area contributed by atoms with Gasteiger partial charge in [-0.3, -0.25) is 9.36 Å². The molecule has 0 fully saturated rings. The smallest absolute Gasteiger partial charge is 0.343 e. The average molecular weight is 350 g/mol. The number of carbonyl (C=O) groups excluding carboxylic acids is 1. The summed E-state index contributed by atoms with van der Waals surface area (Å²) in [4.78, 5) is 24.1. The maximum atomic E-state index is 12.4. The number of amides is 1. The van der Waals surface area contributed by atoms with Crippen molar-refractivity contribution in [1.29, 1.82) is 0 Å². The summed E-state index contributed by atoms with van der Waals surface area (Å²) >= 11 is 1.25. The number of carbonyl (C=O) groups is 1. The van der Waals surface area contributed by atoms with Crippen molar-refractivity contribution in [2.45, 2.75) is 44.1 Å². The number of nitrogens with zero attached hydrogens (tertiary/aromatic N) is 2. The Bertz CT molecular complexity index is 741. The van der Waals surface area contributed by atoms with Crippen molar-refractivity contribution in [2.75, 3.05) is 11.9 Å². The number of rotatable bonds is 8. The second-order valence-electron chi connectivity index (χ2n) is 5.14. The lowest BCUT2D eigenvalue weighted by molar-refractivity contribution is -0.115. The third-order valence-electron chi connectivity index (χ3n) is 3.27. The molecule has 8 heteroatoms. The van der Waals surface area contributed by atoms with Gasteiger partial charge in [0, 0.05) is 6.54 Å². The van der Waals surface area contributed by atoms with Crippen molar-refractivity contribution in [1.82, 2.24) is 14.8 Å². The Balaban J connectivity index is 2.07. The maximum absolute atomic E-state index is 12.4. The molecule has 2 aromatic rings. The fourth-order valence-electron chi connectivity index (χ4n) is 2.11. The molecule has 0 aliphatic heterocycles. The first kappa shape index (κ1) is 18.1. The maximum Gasteiger partial charge on any atom is 0.343 e. The Morgan fingerprint density at radius 2 is 2.17 bits per heavy atom. The highest BCUT2D eigenvalue weighted by molar-refractivity contribution is 8.00. The Hall–Kier alpha value is -2.22. The third kappa shape index (κ3) is 4.41. The zero-order valence-corrected chi connectivity index (χ0v) is 14.9. The summed E-state index contributed by atoms with van der Waals surface area (Å²) in [5.41, 5.74) is 0.374. The highest BCUT2D eigenvalue weighted by atomic mass is 32.2. The molecule has 1 aromatic carbocycles. The molecule has 0 aliphatic carbocycles.